The first kappa shape index (κ1) is 12.7. The van der Waals surface area contributed by atoms with Crippen molar-refractivity contribution in [3.8, 4) is 5.75 Å². The van der Waals surface area contributed by atoms with Gasteiger partial charge in [0.25, 0.3) is 0 Å². The molecule has 0 aliphatic carbocycles. The number of methoxy groups -OCH3 is 1. The number of ether oxygens (including phenoxy) is 1. The minimum Gasteiger partial charge on any atom is -0.496 e. The molecule has 2 rings (SSSR count). The third-order valence-electron chi connectivity index (χ3n) is 3.79. The fourth-order valence-corrected chi connectivity index (χ4v) is 3.14. The fraction of sp³-hybridized carbons (Fsp3) is 0.571. The summed E-state index contributed by atoms with van der Waals surface area (Å²) in [5.41, 5.74) is 3.45. The molecule has 0 aromatic heterocycles. The van der Waals surface area contributed by atoms with Gasteiger partial charge in [0.05, 0.1) is 7.11 Å². The molecule has 94 valence electrons. The highest BCUT2D eigenvalue weighted by molar-refractivity contribution is 6.31. The van der Waals surface area contributed by atoms with Crippen LogP contribution in [-0.2, 0) is 5.54 Å². The quantitative estimate of drug-likeness (QED) is 0.870. The molecule has 0 bridgehead atoms. The first-order valence-electron chi connectivity index (χ1n) is 6.09. The van der Waals surface area contributed by atoms with Crippen LogP contribution < -0.4 is 10.1 Å². The Labute approximate surface area is 108 Å². The Morgan fingerprint density at radius 1 is 1.41 bits per heavy atom. The van der Waals surface area contributed by atoms with E-state index in [1.165, 1.54) is 12.0 Å². The molecular formula is C14H20ClNO. The second kappa shape index (κ2) is 4.51. The summed E-state index contributed by atoms with van der Waals surface area (Å²) in [6.45, 7) is 7.42. The first-order valence-corrected chi connectivity index (χ1v) is 6.46. The van der Waals surface area contributed by atoms with Gasteiger partial charge in [0.15, 0.2) is 0 Å². The lowest BCUT2D eigenvalue weighted by molar-refractivity contribution is 0.367. The standard InChI is InChI=1S/C14H20ClNO/c1-9-8-11(15)10(2)12(13(9)17-4)14(3)6-5-7-16-14/h8,16H,5-7H2,1-4H3. The molecule has 0 amide bonds. The highest BCUT2D eigenvalue weighted by Crippen LogP contribution is 2.42. The third kappa shape index (κ3) is 2.04. The molecular weight excluding hydrogens is 234 g/mol. The number of rotatable bonds is 2. The number of hydrogen-bond donors (Lipinski definition) is 1. The smallest absolute Gasteiger partial charge is 0.127 e. The fourth-order valence-electron chi connectivity index (χ4n) is 2.89. The maximum atomic E-state index is 6.31. The zero-order valence-electron chi connectivity index (χ0n) is 11.0. The van der Waals surface area contributed by atoms with Gasteiger partial charge >= 0.3 is 0 Å². The van der Waals surface area contributed by atoms with Crippen molar-refractivity contribution in [3.63, 3.8) is 0 Å². The van der Waals surface area contributed by atoms with Crippen LogP contribution in [0.3, 0.4) is 0 Å². The van der Waals surface area contributed by atoms with Crippen LogP contribution in [0.15, 0.2) is 6.07 Å². The molecule has 17 heavy (non-hydrogen) atoms. The molecule has 1 N–H and O–H groups in total. The molecule has 0 saturated carbocycles. The Morgan fingerprint density at radius 2 is 2.12 bits per heavy atom. The molecule has 1 heterocycles. The lowest BCUT2D eigenvalue weighted by Gasteiger charge is -2.30. The van der Waals surface area contributed by atoms with E-state index < -0.39 is 0 Å². The van der Waals surface area contributed by atoms with E-state index in [4.69, 9.17) is 16.3 Å². The van der Waals surface area contributed by atoms with Crippen LogP contribution in [0.1, 0.15) is 36.5 Å². The van der Waals surface area contributed by atoms with Crippen LogP contribution in [0, 0.1) is 13.8 Å². The van der Waals surface area contributed by atoms with E-state index >= 15 is 0 Å². The maximum absolute atomic E-state index is 6.31. The van der Waals surface area contributed by atoms with Crippen LogP contribution in [0.2, 0.25) is 5.02 Å². The van der Waals surface area contributed by atoms with Gasteiger partial charge in [-0.25, -0.2) is 0 Å². The van der Waals surface area contributed by atoms with Crippen molar-refractivity contribution in [2.24, 2.45) is 0 Å². The van der Waals surface area contributed by atoms with Gasteiger partial charge in [-0.2, -0.15) is 0 Å². The molecule has 0 spiro atoms. The van der Waals surface area contributed by atoms with Crippen molar-refractivity contribution in [2.75, 3.05) is 13.7 Å². The van der Waals surface area contributed by atoms with Gasteiger partial charge in [0, 0.05) is 16.1 Å². The molecule has 2 nitrogen and oxygen atoms in total. The molecule has 1 aliphatic heterocycles. The third-order valence-corrected chi connectivity index (χ3v) is 4.18. The number of benzene rings is 1. The maximum Gasteiger partial charge on any atom is 0.127 e. The molecule has 1 fully saturated rings. The van der Waals surface area contributed by atoms with Crippen molar-refractivity contribution in [2.45, 2.75) is 39.2 Å². The summed E-state index contributed by atoms with van der Waals surface area (Å²) < 4.78 is 5.59. The SMILES string of the molecule is COc1c(C)cc(Cl)c(C)c1C1(C)CCCN1. The Hall–Kier alpha value is -0.730. The minimum absolute atomic E-state index is 0.00884. The summed E-state index contributed by atoms with van der Waals surface area (Å²) in [5.74, 6) is 0.976. The average molecular weight is 254 g/mol. The van der Waals surface area contributed by atoms with Crippen LogP contribution >= 0.6 is 11.6 Å². The lowest BCUT2D eigenvalue weighted by atomic mass is 9.85. The van der Waals surface area contributed by atoms with E-state index in [0.717, 1.165) is 34.9 Å². The van der Waals surface area contributed by atoms with Crippen molar-refractivity contribution in [3.05, 3.63) is 27.8 Å². The average Bonchev–Trinajstić information content (AvgIpc) is 2.71. The van der Waals surface area contributed by atoms with E-state index in [2.05, 4.69) is 19.2 Å². The molecule has 3 heteroatoms. The van der Waals surface area contributed by atoms with E-state index in [-0.39, 0.29) is 5.54 Å². The monoisotopic (exact) mass is 253 g/mol. The zero-order chi connectivity index (χ0) is 12.6. The summed E-state index contributed by atoms with van der Waals surface area (Å²) in [7, 11) is 1.73. The molecule has 1 saturated heterocycles. The first-order chi connectivity index (χ1) is 7.99. The Balaban J connectivity index is 2.65. The highest BCUT2D eigenvalue weighted by Gasteiger charge is 2.35. The second-order valence-corrected chi connectivity index (χ2v) is 5.48. The molecule has 1 aromatic rings. The molecule has 1 aliphatic rings. The van der Waals surface area contributed by atoms with Gasteiger partial charge in [-0.3, -0.25) is 0 Å². The van der Waals surface area contributed by atoms with E-state index in [0.29, 0.717) is 0 Å². The van der Waals surface area contributed by atoms with Crippen molar-refractivity contribution in [1.82, 2.24) is 5.32 Å². The van der Waals surface area contributed by atoms with Crippen LogP contribution in [0.4, 0.5) is 0 Å². The van der Waals surface area contributed by atoms with Crippen LogP contribution in [-0.4, -0.2) is 13.7 Å². The zero-order valence-corrected chi connectivity index (χ0v) is 11.7. The number of nitrogens with one attached hydrogen (secondary N) is 1. The molecule has 0 radical (unpaired) electrons. The van der Waals surface area contributed by atoms with Crippen molar-refractivity contribution >= 4 is 11.6 Å². The lowest BCUT2D eigenvalue weighted by Crippen LogP contribution is -2.34. The van der Waals surface area contributed by atoms with Crippen molar-refractivity contribution < 1.29 is 4.74 Å². The second-order valence-electron chi connectivity index (χ2n) is 5.07. The Kier molecular flexibility index (Phi) is 3.37. The van der Waals surface area contributed by atoms with E-state index in [1.54, 1.807) is 7.11 Å². The van der Waals surface area contributed by atoms with E-state index in [1.807, 2.05) is 13.0 Å². The summed E-state index contributed by atoms with van der Waals surface area (Å²) in [6.07, 6.45) is 2.33. The van der Waals surface area contributed by atoms with Gasteiger partial charge in [-0.15, -0.1) is 0 Å². The van der Waals surface area contributed by atoms with Crippen molar-refractivity contribution in [1.29, 1.82) is 0 Å². The molecule has 1 atom stereocenters. The minimum atomic E-state index is -0.00884. The van der Waals surface area contributed by atoms with Gasteiger partial charge in [0.1, 0.15) is 5.75 Å². The van der Waals surface area contributed by atoms with E-state index in [9.17, 15) is 0 Å². The van der Waals surface area contributed by atoms with Crippen LogP contribution in [0.25, 0.3) is 0 Å². The number of aryl methyl sites for hydroxylation is 1. The predicted octanol–water partition coefficient (Wildman–Crippen LogP) is 3.56. The van der Waals surface area contributed by atoms with Gasteiger partial charge in [0.2, 0.25) is 0 Å². The van der Waals surface area contributed by atoms with Crippen LogP contribution in [0.5, 0.6) is 5.75 Å². The Bertz CT molecular complexity index is 436. The molecule has 1 aromatic carbocycles. The number of halogens is 1. The Morgan fingerprint density at radius 3 is 2.65 bits per heavy atom. The summed E-state index contributed by atoms with van der Waals surface area (Å²) in [5, 5.41) is 4.41. The predicted molar refractivity (Wildman–Crippen MR) is 72.1 cm³/mol. The normalized spacial score (nSPS) is 24.1. The summed E-state index contributed by atoms with van der Waals surface area (Å²) in [6, 6.07) is 1.98. The summed E-state index contributed by atoms with van der Waals surface area (Å²) >= 11 is 6.31. The largest absolute Gasteiger partial charge is 0.496 e. The van der Waals surface area contributed by atoms with Gasteiger partial charge < -0.3 is 10.1 Å². The number of hydrogen-bond acceptors (Lipinski definition) is 2. The molecule has 1 unspecified atom stereocenters. The van der Waals surface area contributed by atoms with Gasteiger partial charge in [-0.05, 0) is 57.4 Å². The summed E-state index contributed by atoms with van der Waals surface area (Å²) in [4.78, 5) is 0. The van der Waals surface area contributed by atoms with Gasteiger partial charge in [-0.1, -0.05) is 11.6 Å². The topological polar surface area (TPSA) is 21.3 Å². The highest BCUT2D eigenvalue weighted by atomic mass is 35.5.